The lowest BCUT2D eigenvalue weighted by Crippen LogP contribution is -3.10. The molecule has 0 saturated carbocycles. The van der Waals surface area contributed by atoms with Crippen LogP contribution in [0.4, 0.5) is 5.69 Å². The largest absolute Gasteiger partial charge is 1.00 e. The number of fused-ring (bicyclic) bond motifs is 1. The van der Waals surface area contributed by atoms with Crippen LogP contribution in [0.15, 0.2) is 43.7 Å². The number of para-hydroxylation sites is 2. The molecular weight excluding hydrogens is 574 g/mol. The van der Waals surface area contributed by atoms with Crippen LogP contribution in [0, 0.1) is 0 Å². The van der Waals surface area contributed by atoms with Crippen molar-refractivity contribution in [3.63, 3.8) is 0 Å². The van der Waals surface area contributed by atoms with Gasteiger partial charge < -0.3 is 21.7 Å². The van der Waals surface area contributed by atoms with Gasteiger partial charge in [-0.2, -0.15) is 4.90 Å². The van der Waals surface area contributed by atoms with E-state index in [1.54, 1.807) is 24.3 Å². The van der Waals surface area contributed by atoms with Gasteiger partial charge in [-0.15, -0.1) is 0 Å². The Morgan fingerprint density at radius 3 is 2.38 bits per heavy atom. The summed E-state index contributed by atoms with van der Waals surface area (Å²) in [4.78, 5) is 25.8. The Morgan fingerprint density at radius 1 is 1.04 bits per heavy atom. The Balaban J connectivity index is 0.00000208. The highest BCUT2D eigenvalue weighted by atomic mass is 79.9. The van der Waals surface area contributed by atoms with Gasteiger partial charge in [0.25, 0.3) is 0 Å². The standard InChI is InChI=1S/C16H10Br3NO3.BrH/c1-2-23-11-6-4-3-5-10(11)20-15(21)8-7-9(17)13(18)14(19)12(8)16(20)22;/h3-7H,2H2,1H3;1H. The maximum absolute atomic E-state index is 12.9. The Morgan fingerprint density at radius 2 is 1.71 bits per heavy atom. The molecule has 1 aliphatic rings. The topological polar surface area (TPSA) is 47.8 Å². The van der Waals surface area contributed by atoms with Gasteiger partial charge in [-0.25, -0.2) is 9.59 Å². The molecule has 3 rings (SSSR count). The number of hydrogen-bond acceptors (Lipinski definition) is 3. The van der Waals surface area contributed by atoms with Crippen LogP contribution < -0.4 is 26.6 Å². The molecule has 0 spiro atoms. The lowest BCUT2D eigenvalue weighted by atomic mass is 10.1. The van der Waals surface area contributed by atoms with Crippen molar-refractivity contribution >= 4 is 65.3 Å². The monoisotopic (exact) mass is 581 g/mol. The fourth-order valence-corrected chi connectivity index (χ4v) is 4.17. The highest BCUT2D eigenvalue weighted by Gasteiger charge is 2.46. The molecule has 0 saturated heterocycles. The first kappa shape index (κ1) is 19.8. The predicted molar refractivity (Wildman–Crippen MR) is 96.4 cm³/mol. The zero-order valence-electron chi connectivity index (χ0n) is 12.3. The number of hydrogen-bond donors (Lipinski definition) is 1. The van der Waals surface area contributed by atoms with E-state index >= 15 is 0 Å². The van der Waals surface area contributed by atoms with Crippen LogP contribution in [0.3, 0.4) is 0 Å². The second-order valence-corrected chi connectivity index (χ2v) is 7.31. The molecule has 0 aromatic heterocycles. The third-order valence-electron chi connectivity index (χ3n) is 3.54. The fraction of sp³-hybridized carbons (Fsp3) is 0.125. The first-order valence-corrected chi connectivity index (χ1v) is 9.21. The molecule has 0 radical (unpaired) electrons. The summed E-state index contributed by atoms with van der Waals surface area (Å²) in [5.74, 6) is -0.0444. The number of carbonyl (C=O) groups excluding carboxylic acids is 2. The van der Waals surface area contributed by atoms with Crippen molar-refractivity contribution in [2.24, 2.45) is 0 Å². The third-order valence-corrected chi connectivity index (χ3v) is 6.85. The quantitative estimate of drug-likeness (QED) is 0.431. The summed E-state index contributed by atoms with van der Waals surface area (Å²) in [5, 5.41) is 0. The van der Waals surface area contributed by atoms with E-state index in [-0.39, 0.29) is 33.7 Å². The number of amides is 2. The summed E-state index contributed by atoms with van der Waals surface area (Å²) in [6, 6.07) is 8.77. The molecule has 0 bridgehead atoms. The van der Waals surface area contributed by atoms with Gasteiger partial charge in [0.05, 0.1) is 16.6 Å². The van der Waals surface area contributed by atoms with Crippen molar-refractivity contribution in [1.29, 1.82) is 0 Å². The third kappa shape index (κ3) is 3.14. The van der Waals surface area contributed by atoms with Crippen molar-refractivity contribution in [3.8, 4) is 5.75 Å². The van der Waals surface area contributed by atoms with Crippen LogP contribution in [0.25, 0.3) is 0 Å². The Bertz CT molecular complexity index is 838. The first-order chi connectivity index (χ1) is 11.0. The average molecular weight is 585 g/mol. The molecule has 0 aliphatic carbocycles. The zero-order chi connectivity index (χ0) is 16.7. The highest BCUT2D eigenvalue weighted by Crippen LogP contribution is 2.37. The highest BCUT2D eigenvalue weighted by molar-refractivity contribution is 9.14. The fourth-order valence-electron chi connectivity index (χ4n) is 2.56. The van der Waals surface area contributed by atoms with E-state index in [9.17, 15) is 9.59 Å². The zero-order valence-corrected chi connectivity index (χ0v) is 18.7. The van der Waals surface area contributed by atoms with Crippen molar-refractivity contribution < 1.29 is 36.2 Å². The van der Waals surface area contributed by atoms with E-state index in [0.29, 0.717) is 42.6 Å². The molecule has 8 heteroatoms. The Kier molecular flexibility index (Phi) is 6.41. The summed E-state index contributed by atoms with van der Waals surface area (Å²) in [5.41, 5.74) is 1.30. The van der Waals surface area contributed by atoms with Crippen LogP contribution in [0.1, 0.15) is 27.6 Å². The average Bonchev–Trinajstić information content (AvgIpc) is 2.77. The molecule has 1 N–H and O–H groups in total. The normalized spacial score (nSPS) is 15.9. The molecule has 0 fully saturated rings. The van der Waals surface area contributed by atoms with Gasteiger partial charge in [0, 0.05) is 15.0 Å². The minimum atomic E-state index is -0.294. The lowest BCUT2D eigenvalue weighted by molar-refractivity contribution is -0.641. The summed E-state index contributed by atoms with van der Waals surface area (Å²) < 4.78 is 7.56. The van der Waals surface area contributed by atoms with Crippen LogP contribution in [-0.4, -0.2) is 18.4 Å². The number of nitrogens with one attached hydrogen (secondary N) is 1. The van der Waals surface area contributed by atoms with Gasteiger partial charge in [-0.05, 0) is 66.8 Å². The number of quaternary nitrogens is 1. The van der Waals surface area contributed by atoms with Crippen LogP contribution in [-0.2, 0) is 0 Å². The predicted octanol–water partition coefficient (Wildman–Crippen LogP) is 0.887. The van der Waals surface area contributed by atoms with E-state index in [2.05, 4.69) is 47.8 Å². The second kappa shape index (κ2) is 7.78. The van der Waals surface area contributed by atoms with Crippen molar-refractivity contribution in [2.75, 3.05) is 6.61 Å². The molecule has 2 aromatic carbocycles. The lowest BCUT2D eigenvalue weighted by Gasteiger charge is -2.12. The maximum atomic E-state index is 12.9. The first-order valence-electron chi connectivity index (χ1n) is 6.83. The minimum absolute atomic E-state index is 0. The van der Waals surface area contributed by atoms with Crippen LogP contribution in [0.5, 0.6) is 5.75 Å². The number of imide groups is 1. The summed E-state index contributed by atoms with van der Waals surface area (Å²) >= 11 is 10.2. The molecule has 2 amide bonds. The minimum Gasteiger partial charge on any atom is -1.00 e. The Hall–Kier alpha value is -0.540. The van der Waals surface area contributed by atoms with Crippen molar-refractivity contribution in [3.05, 3.63) is 54.9 Å². The molecule has 1 unspecified atom stereocenters. The van der Waals surface area contributed by atoms with Crippen molar-refractivity contribution in [2.45, 2.75) is 6.92 Å². The van der Waals surface area contributed by atoms with Gasteiger partial charge in [-0.1, -0.05) is 12.1 Å². The molecule has 1 heterocycles. The van der Waals surface area contributed by atoms with Gasteiger partial charge >= 0.3 is 11.8 Å². The molecule has 1 aliphatic heterocycles. The molecule has 2 aromatic rings. The molecule has 24 heavy (non-hydrogen) atoms. The van der Waals surface area contributed by atoms with Crippen LogP contribution >= 0.6 is 47.8 Å². The van der Waals surface area contributed by atoms with Crippen molar-refractivity contribution in [1.82, 2.24) is 0 Å². The van der Waals surface area contributed by atoms with Gasteiger partial charge in [0.1, 0.15) is 5.56 Å². The SMILES string of the molecule is CCOc1ccccc1[NH+]1C(=O)c2cc(Br)c(Br)c(Br)c2C1=O.[Br-]. The molecule has 1 atom stereocenters. The summed E-state index contributed by atoms with van der Waals surface area (Å²) in [6.45, 7) is 2.32. The summed E-state index contributed by atoms with van der Waals surface area (Å²) in [6.07, 6.45) is 0. The second-order valence-electron chi connectivity index (χ2n) is 4.87. The molecule has 126 valence electrons. The molecule has 4 nitrogen and oxygen atoms in total. The van der Waals surface area contributed by atoms with E-state index in [1.807, 2.05) is 13.0 Å². The van der Waals surface area contributed by atoms with Gasteiger partial charge in [0.15, 0.2) is 11.4 Å². The van der Waals surface area contributed by atoms with Gasteiger partial charge in [-0.3, -0.25) is 0 Å². The number of rotatable bonds is 3. The Labute approximate surface area is 174 Å². The van der Waals surface area contributed by atoms with Crippen LogP contribution in [0.2, 0.25) is 0 Å². The number of halogens is 4. The maximum Gasteiger partial charge on any atom is 0.359 e. The number of ether oxygens (including phenoxy) is 1. The summed E-state index contributed by atoms with van der Waals surface area (Å²) in [7, 11) is 0. The smallest absolute Gasteiger partial charge is 0.359 e. The van der Waals surface area contributed by atoms with Gasteiger partial charge in [0.2, 0.25) is 0 Å². The number of carbonyl (C=O) groups is 2. The van der Waals surface area contributed by atoms with E-state index in [1.165, 1.54) is 0 Å². The molecular formula is C16H11Br4NO3. The number of benzene rings is 2. The van der Waals surface area contributed by atoms with E-state index in [4.69, 9.17) is 4.74 Å². The van der Waals surface area contributed by atoms with E-state index in [0.717, 1.165) is 0 Å². The van der Waals surface area contributed by atoms with E-state index < -0.39 is 0 Å².